The molecular formula is C23H27N7. The number of guanidine groups is 1. The molecule has 0 amide bonds. The van der Waals surface area contributed by atoms with Crippen LogP contribution in [-0.4, -0.2) is 33.6 Å². The molecule has 3 aromatic rings. The van der Waals surface area contributed by atoms with Crippen molar-refractivity contribution in [2.75, 3.05) is 11.4 Å². The smallest absolute Gasteiger partial charge is 0.199 e. The number of nitrogens with two attached hydrogens (primary N) is 2. The largest absolute Gasteiger partial charge is 0.369 e. The number of hydrogen-bond acceptors (Lipinski definition) is 6. The number of hydrogen-bond donors (Lipinski definition) is 3. The average Bonchev–Trinajstić information content (AvgIpc) is 3.19. The molecule has 0 saturated carbocycles. The van der Waals surface area contributed by atoms with E-state index in [4.69, 9.17) is 11.5 Å². The zero-order valence-corrected chi connectivity index (χ0v) is 17.3. The van der Waals surface area contributed by atoms with E-state index >= 15 is 0 Å². The molecule has 3 heterocycles. The summed E-state index contributed by atoms with van der Waals surface area (Å²) in [5.74, 6) is 1.09. The molecule has 0 fully saturated rings. The van der Waals surface area contributed by atoms with Crippen molar-refractivity contribution < 1.29 is 0 Å². The van der Waals surface area contributed by atoms with Gasteiger partial charge < -0.3 is 21.3 Å². The van der Waals surface area contributed by atoms with E-state index < -0.39 is 0 Å². The van der Waals surface area contributed by atoms with Gasteiger partial charge in [0.25, 0.3) is 0 Å². The van der Waals surface area contributed by atoms with E-state index in [-0.39, 0.29) is 12.2 Å². The maximum atomic E-state index is 6.60. The summed E-state index contributed by atoms with van der Waals surface area (Å²) in [6, 6.07) is 15.4. The number of nitrogens with zero attached hydrogens (tertiary/aromatic N) is 4. The van der Waals surface area contributed by atoms with Crippen molar-refractivity contribution in [1.29, 1.82) is 0 Å². The van der Waals surface area contributed by atoms with E-state index in [2.05, 4.69) is 76.4 Å². The Balaban J connectivity index is 1.48. The third-order valence-electron chi connectivity index (χ3n) is 6.31. The van der Waals surface area contributed by atoms with Crippen LogP contribution >= 0.6 is 0 Å². The number of rotatable bonds is 3. The quantitative estimate of drug-likeness (QED) is 0.627. The highest BCUT2D eigenvalue weighted by atomic mass is 15.4. The van der Waals surface area contributed by atoms with Gasteiger partial charge in [-0.1, -0.05) is 36.4 Å². The number of aryl methyl sites for hydroxylation is 2. The molecule has 7 heteroatoms. The highest BCUT2D eigenvalue weighted by molar-refractivity contribution is 5.84. The summed E-state index contributed by atoms with van der Waals surface area (Å²) < 4.78 is 0. The zero-order chi connectivity index (χ0) is 20.8. The van der Waals surface area contributed by atoms with Crippen molar-refractivity contribution in [2.24, 2.45) is 16.5 Å². The van der Waals surface area contributed by atoms with Crippen LogP contribution in [-0.2, 0) is 13.0 Å². The number of H-pyrrole nitrogens is 1. The number of para-hydroxylation sites is 1. The van der Waals surface area contributed by atoms with E-state index in [1.54, 1.807) is 6.20 Å². The summed E-state index contributed by atoms with van der Waals surface area (Å²) in [5.41, 5.74) is 20.3. The second-order valence-electron chi connectivity index (χ2n) is 8.28. The SMILES string of the molecule is Cc1ccc(CN2CC(N3C(N)=Nc4[nH]ncc4C3N)Cc3ccccc32)cc1C. The van der Waals surface area contributed by atoms with Crippen molar-refractivity contribution >= 4 is 17.5 Å². The fourth-order valence-corrected chi connectivity index (χ4v) is 4.59. The van der Waals surface area contributed by atoms with Crippen molar-refractivity contribution in [3.8, 4) is 0 Å². The number of aromatic nitrogens is 2. The molecule has 0 spiro atoms. The monoisotopic (exact) mass is 401 g/mol. The molecule has 2 aliphatic heterocycles. The lowest BCUT2D eigenvalue weighted by molar-refractivity contribution is 0.229. The summed E-state index contributed by atoms with van der Waals surface area (Å²) in [4.78, 5) is 8.97. The Morgan fingerprint density at radius 2 is 1.97 bits per heavy atom. The van der Waals surface area contributed by atoms with Gasteiger partial charge in [-0.3, -0.25) is 5.10 Å². The molecule has 0 aliphatic carbocycles. The topological polar surface area (TPSA) is 99.6 Å². The van der Waals surface area contributed by atoms with Gasteiger partial charge in [0.2, 0.25) is 0 Å². The van der Waals surface area contributed by atoms with Crippen molar-refractivity contribution in [3.05, 3.63) is 76.5 Å². The highest BCUT2D eigenvalue weighted by Gasteiger charge is 2.36. The van der Waals surface area contributed by atoms with Gasteiger partial charge in [0.05, 0.1) is 17.8 Å². The fourth-order valence-electron chi connectivity index (χ4n) is 4.59. The van der Waals surface area contributed by atoms with E-state index in [0.717, 1.165) is 25.1 Å². The molecule has 30 heavy (non-hydrogen) atoms. The lowest BCUT2D eigenvalue weighted by Gasteiger charge is -2.44. The summed E-state index contributed by atoms with van der Waals surface area (Å²) in [6.45, 7) is 5.97. The first-order valence-electron chi connectivity index (χ1n) is 10.3. The van der Waals surface area contributed by atoms with Gasteiger partial charge in [-0.15, -0.1) is 0 Å². The van der Waals surface area contributed by atoms with Crippen molar-refractivity contribution in [2.45, 2.75) is 39.0 Å². The molecular weight excluding hydrogens is 374 g/mol. The van der Waals surface area contributed by atoms with Crippen LogP contribution in [0.2, 0.25) is 0 Å². The predicted molar refractivity (Wildman–Crippen MR) is 120 cm³/mol. The van der Waals surface area contributed by atoms with Crippen LogP contribution in [0.1, 0.15) is 34.0 Å². The van der Waals surface area contributed by atoms with Crippen molar-refractivity contribution in [1.82, 2.24) is 15.1 Å². The second kappa shape index (κ2) is 7.18. The lowest BCUT2D eigenvalue weighted by Crippen LogP contribution is -2.56. The first kappa shape index (κ1) is 18.7. The molecule has 2 atom stereocenters. The lowest BCUT2D eigenvalue weighted by atomic mass is 9.95. The number of benzene rings is 2. The van der Waals surface area contributed by atoms with Gasteiger partial charge >= 0.3 is 0 Å². The third-order valence-corrected chi connectivity index (χ3v) is 6.31. The Bertz CT molecular complexity index is 1120. The maximum absolute atomic E-state index is 6.60. The van der Waals surface area contributed by atoms with Gasteiger partial charge in [-0.2, -0.15) is 10.1 Å². The van der Waals surface area contributed by atoms with Crippen LogP contribution in [0.25, 0.3) is 0 Å². The normalized spacial score (nSPS) is 20.6. The molecule has 0 radical (unpaired) electrons. The van der Waals surface area contributed by atoms with Crippen LogP contribution in [0.3, 0.4) is 0 Å². The molecule has 1 aromatic heterocycles. The Morgan fingerprint density at radius 1 is 1.13 bits per heavy atom. The van der Waals surface area contributed by atoms with E-state index in [9.17, 15) is 0 Å². The first-order valence-corrected chi connectivity index (χ1v) is 10.3. The van der Waals surface area contributed by atoms with Gasteiger partial charge in [-0.05, 0) is 48.6 Å². The van der Waals surface area contributed by atoms with E-state index in [1.165, 1.54) is 27.9 Å². The molecule has 2 aromatic carbocycles. The standard InChI is InChI=1S/C23H27N7/c1-14-7-8-16(9-15(14)2)12-29-13-18(10-17-5-3-4-6-20(17)29)30-21(24)19-11-26-28-22(19)27-23(30)25/h3-9,11,18,21H,10,12-13,24H2,1-2H3,(H3,25,26,27,28). The van der Waals surface area contributed by atoms with E-state index in [1.807, 2.05) is 4.90 Å². The molecule has 5 N–H and O–H groups in total. The van der Waals surface area contributed by atoms with Gasteiger partial charge in [0.15, 0.2) is 11.8 Å². The second-order valence-corrected chi connectivity index (χ2v) is 8.28. The number of fused-ring (bicyclic) bond motifs is 2. The van der Waals surface area contributed by atoms with Crippen molar-refractivity contribution in [3.63, 3.8) is 0 Å². The fraction of sp³-hybridized carbons (Fsp3) is 0.304. The number of aliphatic imine (C=N–C) groups is 1. The minimum Gasteiger partial charge on any atom is -0.369 e. The van der Waals surface area contributed by atoms with Gasteiger partial charge in [0, 0.05) is 18.8 Å². The Morgan fingerprint density at radius 3 is 2.80 bits per heavy atom. The maximum Gasteiger partial charge on any atom is 0.199 e. The first-order chi connectivity index (χ1) is 14.5. The highest BCUT2D eigenvalue weighted by Crippen LogP contribution is 2.35. The Kier molecular flexibility index (Phi) is 4.47. The number of nitrogens with one attached hydrogen (secondary N) is 1. The minimum absolute atomic E-state index is 0.119. The predicted octanol–water partition coefficient (Wildman–Crippen LogP) is 2.88. The average molecular weight is 402 g/mol. The number of anilines is 1. The Labute approximate surface area is 176 Å². The summed E-state index contributed by atoms with van der Waals surface area (Å²) in [6.07, 6.45) is 2.25. The van der Waals surface area contributed by atoms with Gasteiger partial charge in [-0.25, -0.2) is 0 Å². The van der Waals surface area contributed by atoms with Crippen LogP contribution in [0.4, 0.5) is 11.5 Å². The summed E-state index contributed by atoms with van der Waals surface area (Å²) >= 11 is 0. The molecule has 0 bridgehead atoms. The molecule has 5 rings (SSSR count). The minimum atomic E-state index is -0.366. The molecule has 154 valence electrons. The summed E-state index contributed by atoms with van der Waals surface area (Å²) in [5, 5.41) is 6.96. The number of aromatic amines is 1. The molecule has 0 saturated heterocycles. The Hall–Kier alpha value is -3.32. The van der Waals surface area contributed by atoms with Gasteiger partial charge in [0.1, 0.15) is 6.17 Å². The van der Waals surface area contributed by atoms with Crippen LogP contribution in [0, 0.1) is 13.8 Å². The summed E-state index contributed by atoms with van der Waals surface area (Å²) in [7, 11) is 0. The van der Waals surface area contributed by atoms with Crippen LogP contribution < -0.4 is 16.4 Å². The zero-order valence-electron chi connectivity index (χ0n) is 17.3. The third kappa shape index (κ3) is 3.11. The molecule has 2 unspecified atom stereocenters. The van der Waals surface area contributed by atoms with Crippen LogP contribution in [0.5, 0.6) is 0 Å². The molecule has 2 aliphatic rings. The van der Waals surface area contributed by atoms with E-state index in [0.29, 0.717) is 11.8 Å². The van der Waals surface area contributed by atoms with Crippen LogP contribution in [0.15, 0.2) is 53.7 Å². The molecule has 7 nitrogen and oxygen atoms in total.